The van der Waals surface area contributed by atoms with Crippen LogP contribution in [0.4, 0.5) is 23.2 Å². The molecule has 4 nitrogen and oxygen atoms in total. The predicted octanol–water partition coefficient (Wildman–Crippen LogP) is 3.97. The first-order chi connectivity index (χ1) is 12.7. The number of nitrogens with one attached hydrogen (secondary N) is 2. The molecule has 1 heterocycles. The van der Waals surface area contributed by atoms with Crippen LogP contribution in [0.2, 0.25) is 5.02 Å². The quantitative estimate of drug-likeness (QED) is 0.605. The Hall–Kier alpha value is -2.61. The number of rotatable bonds is 3. The van der Waals surface area contributed by atoms with Crippen molar-refractivity contribution in [2.45, 2.75) is 12.1 Å². The van der Waals surface area contributed by atoms with Crippen LogP contribution in [0.25, 0.3) is 0 Å². The second-order valence-electron chi connectivity index (χ2n) is 6.04. The number of halogens is 5. The Labute approximate surface area is 156 Å². The molecule has 27 heavy (non-hydrogen) atoms. The number of hydrogen-bond donors (Lipinski definition) is 2. The molecule has 0 spiro atoms. The summed E-state index contributed by atoms with van der Waals surface area (Å²) in [5.41, 5.74) is -1.02. The van der Waals surface area contributed by atoms with Gasteiger partial charge in [0.25, 0.3) is 0 Å². The van der Waals surface area contributed by atoms with Gasteiger partial charge < -0.3 is 10.6 Å². The second-order valence-corrected chi connectivity index (χ2v) is 6.44. The second kappa shape index (κ2) is 7.19. The van der Waals surface area contributed by atoms with Crippen LogP contribution >= 0.6 is 11.6 Å². The summed E-state index contributed by atoms with van der Waals surface area (Å²) < 4.78 is 52.6. The van der Waals surface area contributed by atoms with Gasteiger partial charge in [0, 0.05) is 12.5 Å². The lowest BCUT2D eigenvalue weighted by Crippen LogP contribution is -2.32. The van der Waals surface area contributed by atoms with Crippen molar-refractivity contribution in [3.8, 4) is 0 Å². The summed E-state index contributed by atoms with van der Waals surface area (Å²) >= 11 is 5.75. The van der Waals surface area contributed by atoms with E-state index in [1.165, 1.54) is 24.3 Å². The molecule has 0 aromatic heterocycles. The monoisotopic (exact) mass is 400 g/mol. The van der Waals surface area contributed by atoms with Gasteiger partial charge in [0.1, 0.15) is 11.7 Å². The van der Waals surface area contributed by atoms with Crippen LogP contribution in [-0.4, -0.2) is 18.4 Å². The first-order valence-corrected chi connectivity index (χ1v) is 8.26. The van der Waals surface area contributed by atoms with E-state index in [1.807, 2.05) is 0 Å². The summed E-state index contributed by atoms with van der Waals surface area (Å²) in [4.78, 5) is 24.7. The SMILES string of the molecule is O=C1NCC(c2ccc(F)c(Cl)c2)C1C(=O)Nc1ccccc1C(F)(F)F. The van der Waals surface area contributed by atoms with E-state index in [0.717, 1.165) is 18.2 Å². The van der Waals surface area contributed by atoms with E-state index in [4.69, 9.17) is 11.6 Å². The Morgan fingerprint density at radius 2 is 1.89 bits per heavy atom. The van der Waals surface area contributed by atoms with Crippen LogP contribution in [0.1, 0.15) is 17.0 Å². The third-order valence-electron chi connectivity index (χ3n) is 4.33. The fourth-order valence-electron chi connectivity index (χ4n) is 3.03. The first-order valence-electron chi connectivity index (χ1n) is 7.88. The van der Waals surface area contributed by atoms with Crippen molar-refractivity contribution in [1.29, 1.82) is 0 Å². The van der Waals surface area contributed by atoms with E-state index < -0.39 is 46.9 Å². The number of benzene rings is 2. The molecular formula is C18H13ClF4N2O2. The molecule has 0 bridgehead atoms. The Kier molecular flexibility index (Phi) is 5.10. The highest BCUT2D eigenvalue weighted by Crippen LogP contribution is 2.36. The standard InChI is InChI=1S/C18H13ClF4N2O2/c19-12-7-9(5-6-13(12)20)10-8-24-16(26)15(10)17(27)25-14-4-2-1-3-11(14)18(21,22)23/h1-7,10,15H,8H2,(H,24,26)(H,25,27). The lowest BCUT2D eigenvalue weighted by atomic mass is 9.87. The van der Waals surface area contributed by atoms with E-state index in [9.17, 15) is 27.2 Å². The van der Waals surface area contributed by atoms with E-state index in [0.29, 0.717) is 5.56 Å². The fraction of sp³-hybridized carbons (Fsp3) is 0.222. The van der Waals surface area contributed by atoms with Crippen LogP contribution in [-0.2, 0) is 15.8 Å². The highest BCUT2D eigenvalue weighted by atomic mass is 35.5. The van der Waals surface area contributed by atoms with E-state index in [-0.39, 0.29) is 11.6 Å². The topological polar surface area (TPSA) is 58.2 Å². The summed E-state index contributed by atoms with van der Waals surface area (Å²) in [5, 5.41) is 4.52. The molecule has 0 aliphatic carbocycles. The maximum Gasteiger partial charge on any atom is 0.418 e. The molecule has 1 aliphatic heterocycles. The smallest absolute Gasteiger partial charge is 0.355 e. The number of alkyl halides is 3. The molecule has 142 valence electrons. The summed E-state index contributed by atoms with van der Waals surface area (Å²) in [7, 11) is 0. The van der Waals surface area contributed by atoms with Crippen LogP contribution in [0, 0.1) is 11.7 Å². The third kappa shape index (κ3) is 3.90. The fourth-order valence-corrected chi connectivity index (χ4v) is 3.21. The zero-order valence-electron chi connectivity index (χ0n) is 13.6. The van der Waals surface area contributed by atoms with Gasteiger partial charge in [0.05, 0.1) is 16.3 Å². The Balaban J connectivity index is 1.89. The minimum Gasteiger partial charge on any atom is -0.355 e. The molecular weight excluding hydrogens is 388 g/mol. The molecule has 2 amide bonds. The van der Waals surface area contributed by atoms with Crippen molar-refractivity contribution in [2.75, 3.05) is 11.9 Å². The zero-order valence-corrected chi connectivity index (χ0v) is 14.4. The minimum absolute atomic E-state index is 0.0831. The molecule has 2 unspecified atom stereocenters. The van der Waals surface area contributed by atoms with Crippen molar-refractivity contribution in [3.05, 3.63) is 64.4 Å². The van der Waals surface area contributed by atoms with Gasteiger partial charge in [-0.3, -0.25) is 9.59 Å². The summed E-state index contributed by atoms with van der Waals surface area (Å²) in [6, 6.07) is 8.27. The van der Waals surface area contributed by atoms with Crippen molar-refractivity contribution < 1.29 is 27.2 Å². The maximum absolute atomic E-state index is 13.4. The van der Waals surface area contributed by atoms with E-state index >= 15 is 0 Å². The van der Waals surface area contributed by atoms with Gasteiger partial charge in [-0.05, 0) is 29.8 Å². The molecule has 1 aliphatic rings. The van der Waals surface area contributed by atoms with Crippen molar-refractivity contribution in [2.24, 2.45) is 5.92 Å². The Morgan fingerprint density at radius 1 is 1.19 bits per heavy atom. The van der Waals surface area contributed by atoms with Gasteiger partial charge in [0.15, 0.2) is 0 Å². The molecule has 1 saturated heterocycles. The van der Waals surface area contributed by atoms with Gasteiger partial charge >= 0.3 is 6.18 Å². The molecule has 9 heteroatoms. The predicted molar refractivity (Wildman–Crippen MR) is 90.7 cm³/mol. The maximum atomic E-state index is 13.4. The first kappa shape index (κ1) is 19.2. The summed E-state index contributed by atoms with van der Waals surface area (Å²) in [5.74, 6) is -4.12. The van der Waals surface area contributed by atoms with E-state index in [1.54, 1.807) is 0 Å². The van der Waals surface area contributed by atoms with Crippen LogP contribution in [0.5, 0.6) is 0 Å². The molecule has 3 rings (SSSR count). The highest BCUT2D eigenvalue weighted by molar-refractivity contribution is 6.30. The molecule has 1 fully saturated rings. The molecule has 2 N–H and O–H groups in total. The minimum atomic E-state index is -4.66. The number of carbonyl (C=O) groups is 2. The van der Waals surface area contributed by atoms with Gasteiger partial charge in [0.2, 0.25) is 11.8 Å². The zero-order chi connectivity index (χ0) is 19.8. The number of carbonyl (C=O) groups excluding carboxylic acids is 2. The number of amides is 2. The van der Waals surface area contributed by atoms with Crippen LogP contribution in [0.15, 0.2) is 42.5 Å². The lowest BCUT2D eigenvalue weighted by molar-refractivity contribution is -0.137. The lowest BCUT2D eigenvalue weighted by Gasteiger charge is -2.19. The largest absolute Gasteiger partial charge is 0.418 e. The molecule has 0 radical (unpaired) electrons. The third-order valence-corrected chi connectivity index (χ3v) is 4.62. The Morgan fingerprint density at radius 3 is 2.56 bits per heavy atom. The molecule has 2 atom stereocenters. The van der Waals surface area contributed by atoms with Crippen LogP contribution < -0.4 is 10.6 Å². The van der Waals surface area contributed by atoms with Gasteiger partial charge in [-0.1, -0.05) is 29.8 Å². The number of para-hydroxylation sites is 1. The van der Waals surface area contributed by atoms with Gasteiger partial charge in [-0.25, -0.2) is 4.39 Å². The van der Waals surface area contributed by atoms with Crippen molar-refractivity contribution in [3.63, 3.8) is 0 Å². The highest BCUT2D eigenvalue weighted by Gasteiger charge is 2.42. The average Bonchev–Trinajstić information content (AvgIpc) is 2.98. The van der Waals surface area contributed by atoms with E-state index in [2.05, 4.69) is 10.6 Å². The van der Waals surface area contributed by atoms with Crippen molar-refractivity contribution >= 4 is 29.1 Å². The Bertz CT molecular complexity index is 901. The number of hydrogen-bond acceptors (Lipinski definition) is 2. The normalized spacial score (nSPS) is 19.7. The summed E-state index contributed by atoms with van der Waals surface area (Å²) in [6.45, 7) is 0.0831. The van der Waals surface area contributed by atoms with Crippen molar-refractivity contribution in [1.82, 2.24) is 5.32 Å². The molecule has 2 aromatic rings. The summed E-state index contributed by atoms with van der Waals surface area (Å²) in [6.07, 6.45) is -4.66. The number of anilines is 1. The van der Waals surface area contributed by atoms with Gasteiger partial charge in [-0.2, -0.15) is 13.2 Å². The van der Waals surface area contributed by atoms with Gasteiger partial charge in [-0.15, -0.1) is 0 Å². The molecule has 0 saturated carbocycles. The van der Waals surface area contributed by atoms with Crippen LogP contribution in [0.3, 0.4) is 0 Å². The average molecular weight is 401 g/mol. The molecule has 2 aromatic carbocycles.